The number of benzene rings is 2. The topological polar surface area (TPSA) is 98.5 Å². The summed E-state index contributed by atoms with van der Waals surface area (Å²) in [6.45, 7) is 6.88. The summed E-state index contributed by atoms with van der Waals surface area (Å²) in [4.78, 5) is 10.4. The quantitative estimate of drug-likeness (QED) is 0.612. The van der Waals surface area contributed by atoms with E-state index in [9.17, 15) is 18.5 Å². The molecule has 0 saturated heterocycles. The van der Waals surface area contributed by atoms with Crippen LogP contribution in [0.4, 0.5) is 5.69 Å². The molecule has 0 aliphatic heterocycles. The second kappa shape index (κ2) is 7.43. The molecular formula is C18H22N2O5S. The van der Waals surface area contributed by atoms with E-state index in [0.29, 0.717) is 22.4 Å². The Morgan fingerprint density at radius 2 is 1.81 bits per heavy atom. The summed E-state index contributed by atoms with van der Waals surface area (Å²) in [6.07, 6.45) is 0. The van der Waals surface area contributed by atoms with Crippen molar-refractivity contribution in [3.63, 3.8) is 0 Å². The SMILES string of the molecule is COc1ccc(C)cc1C(C)NS(=O)(=O)c1cc([N+](=O)[O-])cc(C)c1C. The van der Waals surface area contributed by atoms with Crippen molar-refractivity contribution >= 4 is 15.7 Å². The molecule has 0 amide bonds. The van der Waals surface area contributed by atoms with Gasteiger partial charge >= 0.3 is 0 Å². The number of non-ortho nitro benzene ring substituents is 1. The van der Waals surface area contributed by atoms with Gasteiger partial charge in [-0.25, -0.2) is 13.1 Å². The summed E-state index contributed by atoms with van der Waals surface area (Å²) in [7, 11) is -2.45. The number of rotatable bonds is 6. The number of nitro benzene ring substituents is 1. The first-order chi connectivity index (χ1) is 12.1. The second-order valence-electron chi connectivity index (χ2n) is 6.23. The van der Waals surface area contributed by atoms with Crippen molar-refractivity contribution in [2.75, 3.05) is 7.11 Å². The van der Waals surface area contributed by atoms with E-state index in [4.69, 9.17) is 4.74 Å². The van der Waals surface area contributed by atoms with Gasteiger partial charge in [0.2, 0.25) is 10.0 Å². The van der Waals surface area contributed by atoms with Gasteiger partial charge in [-0.3, -0.25) is 10.1 Å². The molecule has 7 nitrogen and oxygen atoms in total. The van der Waals surface area contributed by atoms with Gasteiger partial charge in [0.1, 0.15) is 5.75 Å². The Kier molecular flexibility index (Phi) is 5.68. The molecule has 140 valence electrons. The summed E-state index contributed by atoms with van der Waals surface area (Å²) in [5.74, 6) is 0.567. The monoisotopic (exact) mass is 378 g/mol. The Hall–Kier alpha value is -2.45. The van der Waals surface area contributed by atoms with Crippen LogP contribution < -0.4 is 9.46 Å². The van der Waals surface area contributed by atoms with Crippen molar-refractivity contribution in [1.29, 1.82) is 0 Å². The standard InChI is InChI=1S/C18H22N2O5S/c1-11-6-7-17(25-5)16(8-11)14(4)19-26(23,24)18-10-15(20(21)22)9-12(2)13(18)3/h6-10,14,19H,1-5H3. The Morgan fingerprint density at radius 3 is 2.38 bits per heavy atom. The third-order valence-corrected chi connectivity index (χ3v) is 5.96. The lowest BCUT2D eigenvalue weighted by Gasteiger charge is -2.19. The fraction of sp³-hybridized carbons (Fsp3) is 0.333. The van der Waals surface area contributed by atoms with Gasteiger partial charge in [0.05, 0.1) is 16.9 Å². The van der Waals surface area contributed by atoms with E-state index < -0.39 is 21.0 Å². The fourth-order valence-electron chi connectivity index (χ4n) is 2.75. The molecule has 1 unspecified atom stereocenters. The summed E-state index contributed by atoms with van der Waals surface area (Å²) >= 11 is 0. The number of methoxy groups -OCH3 is 1. The molecule has 0 fully saturated rings. The number of aryl methyl sites for hydroxylation is 2. The molecule has 0 heterocycles. The number of ether oxygens (including phenoxy) is 1. The van der Waals surface area contributed by atoms with Crippen molar-refractivity contribution < 1.29 is 18.1 Å². The summed E-state index contributed by atoms with van der Waals surface area (Å²) in [5.41, 5.74) is 2.42. The first kappa shape index (κ1) is 19.9. The van der Waals surface area contributed by atoms with Crippen molar-refractivity contribution in [2.24, 2.45) is 0 Å². The van der Waals surface area contributed by atoms with E-state index in [1.165, 1.54) is 13.2 Å². The molecule has 0 aliphatic carbocycles. The third-order valence-electron chi connectivity index (χ3n) is 4.29. The minimum atomic E-state index is -3.96. The Morgan fingerprint density at radius 1 is 1.15 bits per heavy atom. The molecule has 0 radical (unpaired) electrons. The van der Waals surface area contributed by atoms with Crippen LogP contribution in [-0.2, 0) is 10.0 Å². The molecule has 2 aromatic rings. The molecule has 2 aromatic carbocycles. The Labute approximate surface area is 153 Å². The molecule has 8 heteroatoms. The smallest absolute Gasteiger partial charge is 0.271 e. The number of nitrogens with one attached hydrogen (secondary N) is 1. The highest BCUT2D eigenvalue weighted by atomic mass is 32.2. The molecule has 0 saturated carbocycles. The highest BCUT2D eigenvalue weighted by Crippen LogP contribution is 2.30. The number of nitrogens with zero attached hydrogens (tertiary/aromatic N) is 1. The summed E-state index contributed by atoms with van der Waals surface area (Å²) in [5, 5.41) is 11.1. The Balaban J connectivity index is 2.47. The van der Waals surface area contributed by atoms with Crippen LogP contribution in [-0.4, -0.2) is 20.5 Å². The highest BCUT2D eigenvalue weighted by molar-refractivity contribution is 7.89. The van der Waals surface area contributed by atoms with Crippen LogP contribution in [0, 0.1) is 30.9 Å². The lowest BCUT2D eigenvalue weighted by atomic mass is 10.1. The molecule has 1 atom stereocenters. The van der Waals surface area contributed by atoms with Gasteiger partial charge in [-0.1, -0.05) is 17.7 Å². The van der Waals surface area contributed by atoms with Crippen molar-refractivity contribution in [1.82, 2.24) is 4.72 Å². The van der Waals surface area contributed by atoms with Gasteiger partial charge in [0, 0.05) is 23.7 Å². The van der Waals surface area contributed by atoms with Crippen molar-refractivity contribution in [2.45, 2.75) is 38.6 Å². The highest BCUT2D eigenvalue weighted by Gasteiger charge is 2.25. The average molecular weight is 378 g/mol. The number of hydrogen-bond acceptors (Lipinski definition) is 5. The van der Waals surface area contributed by atoms with Gasteiger partial charge in [0.25, 0.3) is 5.69 Å². The predicted molar refractivity (Wildman–Crippen MR) is 99.0 cm³/mol. The van der Waals surface area contributed by atoms with Crippen LogP contribution in [0.3, 0.4) is 0 Å². The van der Waals surface area contributed by atoms with Crippen molar-refractivity contribution in [3.05, 3.63) is 62.7 Å². The minimum absolute atomic E-state index is 0.0948. The van der Waals surface area contributed by atoms with Crippen LogP contribution in [0.25, 0.3) is 0 Å². The normalized spacial score (nSPS) is 12.7. The maximum Gasteiger partial charge on any atom is 0.271 e. The predicted octanol–water partition coefficient (Wildman–Crippen LogP) is 3.57. The number of hydrogen-bond donors (Lipinski definition) is 1. The minimum Gasteiger partial charge on any atom is -0.496 e. The molecule has 0 aromatic heterocycles. The molecular weight excluding hydrogens is 356 g/mol. The van der Waals surface area contributed by atoms with Gasteiger partial charge in [-0.2, -0.15) is 0 Å². The molecule has 1 N–H and O–H groups in total. The summed E-state index contributed by atoms with van der Waals surface area (Å²) < 4.78 is 33.7. The molecule has 2 rings (SSSR count). The average Bonchev–Trinajstić information content (AvgIpc) is 2.56. The van der Waals surface area contributed by atoms with Gasteiger partial charge in [0.15, 0.2) is 0 Å². The first-order valence-corrected chi connectivity index (χ1v) is 9.47. The first-order valence-electron chi connectivity index (χ1n) is 7.99. The lowest BCUT2D eigenvalue weighted by Crippen LogP contribution is -2.28. The van der Waals surface area contributed by atoms with Crippen LogP contribution >= 0.6 is 0 Å². The van der Waals surface area contributed by atoms with E-state index in [-0.39, 0.29) is 10.6 Å². The van der Waals surface area contributed by atoms with E-state index in [0.717, 1.165) is 11.6 Å². The Bertz CT molecular complexity index is 954. The molecule has 0 spiro atoms. The molecule has 0 aliphatic rings. The van der Waals surface area contributed by atoms with Gasteiger partial charge in [-0.15, -0.1) is 0 Å². The van der Waals surface area contributed by atoms with Crippen LogP contribution in [0.1, 0.15) is 35.2 Å². The third kappa shape index (κ3) is 4.03. The summed E-state index contributed by atoms with van der Waals surface area (Å²) in [6, 6.07) is 7.37. The van der Waals surface area contributed by atoms with Crippen LogP contribution in [0.15, 0.2) is 35.2 Å². The number of sulfonamides is 1. The lowest BCUT2D eigenvalue weighted by molar-refractivity contribution is -0.385. The zero-order valence-corrected chi connectivity index (χ0v) is 16.2. The largest absolute Gasteiger partial charge is 0.496 e. The fourth-order valence-corrected chi connectivity index (χ4v) is 4.30. The van der Waals surface area contributed by atoms with E-state index in [1.54, 1.807) is 26.8 Å². The number of nitro groups is 1. The zero-order valence-electron chi connectivity index (χ0n) is 15.4. The van der Waals surface area contributed by atoms with Gasteiger partial charge < -0.3 is 4.74 Å². The van der Waals surface area contributed by atoms with E-state index in [2.05, 4.69) is 4.72 Å². The van der Waals surface area contributed by atoms with Crippen molar-refractivity contribution in [3.8, 4) is 5.75 Å². The van der Waals surface area contributed by atoms with E-state index in [1.807, 2.05) is 19.1 Å². The maximum atomic E-state index is 12.9. The second-order valence-corrected chi connectivity index (χ2v) is 7.91. The van der Waals surface area contributed by atoms with Crippen LogP contribution in [0.2, 0.25) is 0 Å². The van der Waals surface area contributed by atoms with Gasteiger partial charge in [-0.05, 0) is 44.9 Å². The molecule has 0 bridgehead atoms. The van der Waals surface area contributed by atoms with E-state index >= 15 is 0 Å². The maximum absolute atomic E-state index is 12.9. The zero-order chi connectivity index (χ0) is 19.6. The van der Waals surface area contributed by atoms with Crippen LogP contribution in [0.5, 0.6) is 5.75 Å². The molecule has 26 heavy (non-hydrogen) atoms.